The summed E-state index contributed by atoms with van der Waals surface area (Å²) in [5.41, 5.74) is 2.15. The van der Waals surface area contributed by atoms with Gasteiger partial charge in [-0.15, -0.1) is 5.10 Å². The first-order valence-electron chi connectivity index (χ1n) is 8.72. The molecule has 0 amide bonds. The van der Waals surface area contributed by atoms with Crippen LogP contribution in [0.4, 0.5) is 23.3 Å². The number of nitrogens with one attached hydrogen (secondary N) is 1. The van der Waals surface area contributed by atoms with Crippen molar-refractivity contribution in [3.05, 3.63) is 60.4 Å². The summed E-state index contributed by atoms with van der Waals surface area (Å²) in [7, 11) is 0. The van der Waals surface area contributed by atoms with Gasteiger partial charge >= 0.3 is 0 Å². The van der Waals surface area contributed by atoms with E-state index >= 15 is 0 Å². The summed E-state index contributed by atoms with van der Waals surface area (Å²) in [5.74, 6) is 2.38. The Bertz CT molecular complexity index is 861. The lowest BCUT2D eigenvalue weighted by atomic mass is 10.2. The van der Waals surface area contributed by atoms with Crippen LogP contribution < -0.4 is 15.1 Å². The van der Waals surface area contributed by atoms with Gasteiger partial charge in [0.25, 0.3) is 0 Å². The fourth-order valence-electron chi connectivity index (χ4n) is 3.06. The monoisotopic (exact) mass is 347 g/mol. The Morgan fingerprint density at radius 2 is 1.73 bits per heavy atom. The molecule has 3 aromatic rings. The van der Waals surface area contributed by atoms with Crippen molar-refractivity contribution in [2.45, 2.75) is 6.92 Å². The molecule has 0 radical (unpaired) electrons. The fraction of sp³-hybridized carbons (Fsp3) is 0.263. The van der Waals surface area contributed by atoms with Crippen LogP contribution in [-0.4, -0.2) is 46.3 Å². The van der Waals surface area contributed by atoms with Crippen molar-refractivity contribution >= 4 is 23.3 Å². The molecular formula is C19H21N7. The molecule has 7 heteroatoms. The molecule has 7 nitrogen and oxygen atoms in total. The topological polar surface area (TPSA) is 70.1 Å². The van der Waals surface area contributed by atoms with Gasteiger partial charge in [0.15, 0.2) is 5.82 Å². The average Bonchev–Trinajstić information content (AvgIpc) is 2.69. The first-order chi connectivity index (χ1) is 12.8. The summed E-state index contributed by atoms with van der Waals surface area (Å²) in [4.78, 5) is 13.6. The zero-order chi connectivity index (χ0) is 17.8. The predicted molar refractivity (Wildman–Crippen MR) is 103 cm³/mol. The summed E-state index contributed by atoms with van der Waals surface area (Å²) < 4.78 is 0. The van der Waals surface area contributed by atoms with Crippen LogP contribution in [0.25, 0.3) is 0 Å². The van der Waals surface area contributed by atoms with Gasteiger partial charge in [-0.1, -0.05) is 18.2 Å². The maximum atomic E-state index is 4.63. The van der Waals surface area contributed by atoms with Gasteiger partial charge in [-0.2, -0.15) is 10.1 Å². The Balaban J connectivity index is 1.43. The molecule has 1 aliphatic rings. The SMILES string of the molecule is Cc1cccc(Nc2nncc(N3CCN(c4ccccn4)CC3)n2)c1. The van der Waals surface area contributed by atoms with Gasteiger partial charge in [0, 0.05) is 38.1 Å². The molecule has 26 heavy (non-hydrogen) atoms. The van der Waals surface area contributed by atoms with Gasteiger partial charge in [-0.25, -0.2) is 4.98 Å². The zero-order valence-corrected chi connectivity index (χ0v) is 14.7. The van der Waals surface area contributed by atoms with Crippen LogP contribution in [-0.2, 0) is 0 Å². The van der Waals surface area contributed by atoms with Gasteiger partial charge < -0.3 is 15.1 Å². The summed E-state index contributed by atoms with van der Waals surface area (Å²) >= 11 is 0. The molecule has 1 N–H and O–H groups in total. The summed E-state index contributed by atoms with van der Waals surface area (Å²) in [6.45, 7) is 5.61. The second-order valence-corrected chi connectivity index (χ2v) is 6.29. The molecule has 3 heterocycles. The Morgan fingerprint density at radius 1 is 0.923 bits per heavy atom. The quantitative estimate of drug-likeness (QED) is 0.778. The number of anilines is 4. The molecule has 4 rings (SSSR count). The highest BCUT2D eigenvalue weighted by molar-refractivity contribution is 5.55. The molecule has 1 fully saturated rings. The van der Waals surface area contributed by atoms with E-state index in [2.05, 4.69) is 54.3 Å². The number of benzene rings is 1. The lowest BCUT2D eigenvalue weighted by Crippen LogP contribution is -2.47. The number of pyridine rings is 1. The molecule has 2 aromatic heterocycles. The Labute approximate surface area is 152 Å². The smallest absolute Gasteiger partial charge is 0.249 e. The fourth-order valence-corrected chi connectivity index (χ4v) is 3.06. The summed E-state index contributed by atoms with van der Waals surface area (Å²) in [5, 5.41) is 11.4. The molecule has 1 saturated heterocycles. The minimum Gasteiger partial charge on any atom is -0.353 e. The van der Waals surface area contributed by atoms with Crippen molar-refractivity contribution < 1.29 is 0 Å². The molecular weight excluding hydrogens is 326 g/mol. The molecule has 0 bridgehead atoms. The van der Waals surface area contributed by atoms with E-state index in [0.29, 0.717) is 5.95 Å². The number of nitrogens with zero attached hydrogens (tertiary/aromatic N) is 6. The van der Waals surface area contributed by atoms with Crippen LogP contribution in [0.15, 0.2) is 54.9 Å². The lowest BCUT2D eigenvalue weighted by molar-refractivity contribution is 0.639. The van der Waals surface area contributed by atoms with Crippen LogP contribution in [0.2, 0.25) is 0 Å². The Morgan fingerprint density at radius 3 is 2.46 bits per heavy atom. The number of aryl methyl sites for hydroxylation is 1. The van der Waals surface area contributed by atoms with Crippen LogP contribution in [0.1, 0.15) is 5.56 Å². The van der Waals surface area contributed by atoms with E-state index in [1.807, 2.05) is 36.5 Å². The van der Waals surface area contributed by atoms with E-state index in [-0.39, 0.29) is 0 Å². The third kappa shape index (κ3) is 3.72. The molecule has 132 valence electrons. The zero-order valence-electron chi connectivity index (χ0n) is 14.7. The van der Waals surface area contributed by atoms with Gasteiger partial charge in [0.2, 0.25) is 5.95 Å². The van der Waals surface area contributed by atoms with E-state index in [9.17, 15) is 0 Å². The molecule has 1 aromatic carbocycles. The van der Waals surface area contributed by atoms with E-state index in [0.717, 1.165) is 43.5 Å². The second kappa shape index (κ2) is 7.35. The standard InChI is InChI=1S/C19H21N7/c1-15-5-4-6-16(13-15)22-19-23-18(14-21-24-19)26-11-9-25(10-12-26)17-7-2-3-8-20-17/h2-8,13-14H,9-12H2,1H3,(H,22,23,24). The highest BCUT2D eigenvalue weighted by Gasteiger charge is 2.19. The molecule has 0 unspecified atom stereocenters. The predicted octanol–water partition coefficient (Wildman–Crippen LogP) is 2.65. The van der Waals surface area contributed by atoms with Gasteiger partial charge in [-0.3, -0.25) is 0 Å². The molecule has 1 aliphatic heterocycles. The maximum Gasteiger partial charge on any atom is 0.249 e. The van der Waals surface area contributed by atoms with Crippen molar-refractivity contribution in [2.75, 3.05) is 41.3 Å². The van der Waals surface area contributed by atoms with Crippen LogP contribution in [0.3, 0.4) is 0 Å². The minimum atomic E-state index is 0.514. The highest BCUT2D eigenvalue weighted by atomic mass is 15.3. The number of aromatic nitrogens is 4. The third-order valence-corrected chi connectivity index (χ3v) is 4.40. The van der Waals surface area contributed by atoms with Crippen LogP contribution >= 0.6 is 0 Å². The summed E-state index contributed by atoms with van der Waals surface area (Å²) in [6.07, 6.45) is 3.55. The number of hydrogen-bond donors (Lipinski definition) is 1. The molecule has 0 spiro atoms. The molecule has 0 atom stereocenters. The minimum absolute atomic E-state index is 0.514. The highest BCUT2D eigenvalue weighted by Crippen LogP contribution is 2.19. The Kier molecular flexibility index (Phi) is 4.59. The van der Waals surface area contributed by atoms with Crippen LogP contribution in [0, 0.1) is 6.92 Å². The first kappa shape index (κ1) is 16.3. The van der Waals surface area contributed by atoms with E-state index in [1.165, 1.54) is 5.56 Å². The van der Waals surface area contributed by atoms with Crippen molar-refractivity contribution in [1.82, 2.24) is 20.2 Å². The van der Waals surface area contributed by atoms with Gasteiger partial charge in [0.05, 0.1) is 6.20 Å². The Hall–Kier alpha value is -3.22. The van der Waals surface area contributed by atoms with Gasteiger partial charge in [0.1, 0.15) is 5.82 Å². The average molecular weight is 347 g/mol. The van der Waals surface area contributed by atoms with E-state index in [1.54, 1.807) is 6.20 Å². The van der Waals surface area contributed by atoms with Crippen LogP contribution in [0.5, 0.6) is 0 Å². The van der Waals surface area contributed by atoms with Gasteiger partial charge in [-0.05, 0) is 36.8 Å². The van der Waals surface area contributed by atoms with E-state index in [4.69, 9.17) is 0 Å². The van der Waals surface area contributed by atoms with Crippen molar-refractivity contribution in [3.8, 4) is 0 Å². The second-order valence-electron chi connectivity index (χ2n) is 6.29. The summed E-state index contributed by atoms with van der Waals surface area (Å²) in [6, 6.07) is 14.1. The molecule has 0 saturated carbocycles. The van der Waals surface area contributed by atoms with Crippen molar-refractivity contribution in [2.24, 2.45) is 0 Å². The largest absolute Gasteiger partial charge is 0.353 e. The first-order valence-corrected chi connectivity index (χ1v) is 8.72. The van der Waals surface area contributed by atoms with Crippen molar-refractivity contribution in [3.63, 3.8) is 0 Å². The third-order valence-electron chi connectivity index (χ3n) is 4.40. The lowest BCUT2D eigenvalue weighted by Gasteiger charge is -2.35. The normalized spacial score (nSPS) is 14.3. The van der Waals surface area contributed by atoms with Crippen molar-refractivity contribution in [1.29, 1.82) is 0 Å². The number of hydrogen-bond acceptors (Lipinski definition) is 7. The maximum absolute atomic E-state index is 4.63. The number of piperazine rings is 1. The van der Waals surface area contributed by atoms with E-state index < -0.39 is 0 Å². The number of rotatable bonds is 4. The molecule has 0 aliphatic carbocycles.